The van der Waals surface area contributed by atoms with Crippen LogP contribution in [0.1, 0.15) is 17.5 Å². The number of carbonyl (C=O) groups is 2. The summed E-state index contributed by atoms with van der Waals surface area (Å²) >= 11 is 0. The predicted molar refractivity (Wildman–Crippen MR) is 106 cm³/mol. The molecule has 2 atom stereocenters. The Morgan fingerprint density at radius 1 is 1.14 bits per heavy atom. The number of benzene rings is 1. The Hall–Kier alpha value is -2.80. The zero-order valence-corrected chi connectivity index (χ0v) is 16.5. The minimum atomic E-state index is -0.287. The Labute approximate surface area is 169 Å². The van der Waals surface area contributed by atoms with Crippen molar-refractivity contribution >= 4 is 11.8 Å². The van der Waals surface area contributed by atoms with Crippen LogP contribution in [0.2, 0.25) is 0 Å². The molecule has 7 heteroatoms. The summed E-state index contributed by atoms with van der Waals surface area (Å²) in [5.41, 5.74) is 1.79. The van der Waals surface area contributed by atoms with Gasteiger partial charge in [0.1, 0.15) is 12.4 Å². The first-order valence-corrected chi connectivity index (χ1v) is 9.91. The van der Waals surface area contributed by atoms with E-state index in [-0.39, 0.29) is 36.1 Å². The number of amides is 2. The van der Waals surface area contributed by atoms with Gasteiger partial charge in [-0.05, 0) is 35.7 Å². The van der Waals surface area contributed by atoms with Gasteiger partial charge in [-0.25, -0.2) is 4.39 Å². The van der Waals surface area contributed by atoms with Crippen LogP contribution in [0.5, 0.6) is 0 Å². The Balaban J connectivity index is 1.52. The lowest BCUT2D eigenvalue weighted by molar-refractivity contribution is -0.138. The third-order valence-corrected chi connectivity index (χ3v) is 5.90. The Morgan fingerprint density at radius 3 is 2.72 bits per heavy atom. The number of nitrogens with zero attached hydrogens (tertiary/aromatic N) is 4. The first-order chi connectivity index (χ1) is 14.0. The first-order valence-electron chi connectivity index (χ1n) is 9.91. The van der Waals surface area contributed by atoms with Gasteiger partial charge in [-0.15, -0.1) is 0 Å². The molecule has 0 aliphatic carbocycles. The number of likely N-dealkylation sites (tertiary alicyclic amines) is 1. The second-order valence-corrected chi connectivity index (χ2v) is 7.89. The maximum Gasteiger partial charge on any atom is 0.242 e. The molecule has 0 bridgehead atoms. The molecule has 1 aromatic heterocycles. The minimum Gasteiger partial charge on any atom is -0.340 e. The van der Waals surface area contributed by atoms with Crippen LogP contribution in [0.25, 0.3) is 0 Å². The number of pyridine rings is 1. The lowest BCUT2D eigenvalue weighted by Crippen LogP contribution is -2.53. The fourth-order valence-electron chi connectivity index (χ4n) is 4.37. The van der Waals surface area contributed by atoms with Crippen LogP contribution in [0.15, 0.2) is 48.8 Å². The molecule has 0 saturated carbocycles. The van der Waals surface area contributed by atoms with E-state index in [4.69, 9.17) is 0 Å². The zero-order valence-electron chi connectivity index (χ0n) is 16.5. The van der Waals surface area contributed by atoms with E-state index in [1.165, 1.54) is 12.1 Å². The van der Waals surface area contributed by atoms with Crippen LogP contribution in [-0.4, -0.2) is 64.2 Å². The lowest BCUT2D eigenvalue weighted by atomic mass is 9.90. The normalized spacial score (nSPS) is 23.1. The van der Waals surface area contributed by atoms with Gasteiger partial charge in [0.05, 0.1) is 5.92 Å². The molecule has 4 rings (SSSR count). The van der Waals surface area contributed by atoms with Gasteiger partial charge in [-0.2, -0.15) is 0 Å². The average Bonchev–Trinajstić information content (AvgIpc) is 2.80. The summed E-state index contributed by atoms with van der Waals surface area (Å²) < 4.78 is 13.5. The highest BCUT2D eigenvalue weighted by Crippen LogP contribution is 2.28. The van der Waals surface area contributed by atoms with Gasteiger partial charge in [-0.3, -0.25) is 19.5 Å². The molecule has 2 aliphatic heterocycles. The molecule has 2 aliphatic rings. The molecule has 0 unspecified atom stereocenters. The van der Waals surface area contributed by atoms with Crippen molar-refractivity contribution in [1.82, 2.24) is 19.7 Å². The van der Waals surface area contributed by atoms with Crippen molar-refractivity contribution in [2.45, 2.75) is 25.6 Å². The minimum absolute atomic E-state index is 0.000459. The maximum atomic E-state index is 13.5. The largest absolute Gasteiger partial charge is 0.340 e. The zero-order chi connectivity index (χ0) is 20.4. The van der Waals surface area contributed by atoms with Crippen molar-refractivity contribution in [2.24, 2.45) is 5.92 Å². The van der Waals surface area contributed by atoms with E-state index in [0.29, 0.717) is 19.6 Å². The molecule has 6 nitrogen and oxygen atoms in total. The molecule has 29 heavy (non-hydrogen) atoms. The van der Waals surface area contributed by atoms with E-state index in [9.17, 15) is 14.0 Å². The summed E-state index contributed by atoms with van der Waals surface area (Å²) in [5, 5.41) is 0. The van der Waals surface area contributed by atoms with E-state index in [1.54, 1.807) is 35.3 Å². The number of aromatic nitrogens is 1. The fraction of sp³-hybridized carbons (Fsp3) is 0.409. The van der Waals surface area contributed by atoms with E-state index < -0.39 is 0 Å². The Kier molecular flexibility index (Phi) is 5.58. The van der Waals surface area contributed by atoms with Crippen LogP contribution >= 0.6 is 0 Å². The van der Waals surface area contributed by atoms with Crippen LogP contribution in [-0.2, 0) is 22.7 Å². The number of hydrogen-bond acceptors (Lipinski definition) is 4. The second kappa shape index (κ2) is 8.29. The first kappa shape index (κ1) is 19.5. The van der Waals surface area contributed by atoms with E-state index >= 15 is 0 Å². The molecular weight excluding hydrogens is 371 g/mol. The second-order valence-electron chi connectivity index (χ2n) is 7.89. The van der Waals surface area contributed by atoms with Gasteiger partial charge in [0.25, 0.3) is 0 Å². The Morgan fingerprint density at radius 2 is 1.97 bits per heavy atom. The van der Waals surface area contributed by atoms with Crippen LogP contribution in [0, 0.1) is 11.7 Å². The monoisotopic (exact) mass is 396 g/mol. The molecule has 2 aromatic rings. The third kappa shape index (κ3) is 4.29. The molecule has 2 fully saturated rings. The summed E-state index contributed by atoms with van der Waals surface area (Å²) in [6, 6.07) is 10.2. The summed E-state index contributed by atoms with van der Waals surface area (Å²) in [6.45, 7) is 2.38. The van der Waals surface area contributed by atoms with Gasteiger partial charge < -0.3 is 9.80 Å². The summed E-state index contributed by atoms with van der Waals surface area (Å²) in [5.74, 6) is -0.574. The number of hydrogen-bond donors (Lipinski definition) is 0. The molecule has 3 heterocycles. The fourth-order valence-corrected chi connectivity index (χ4v) is 4.37. The smallest absolute Gasteiger partial charge is 0.242 e. The molecule has 152 valence electrons. The highest BCUT2D eigenvalue weighted by molar-refractivity contribution is 5.89. The van der Waals surface area contributed by atoms with Crippen molar-refractivity contribution < 1.29 is 14.0 Å². The number of piperidine rings is 1. The van der Waals surface area contributed by atoms with Gasteiger partial charge in [0.2, 0.25) is 11.8 Å². The molecule has 0 N–H and O–H groups in total. The van der Waals surface area contributed by atoms with Gasteiger partial charge in [0.15, 0.2) is 0 Å². The quantitative estimate of drug-likeness (QED) is 0.792. The SMILES string of the molecule is CN1C(=O)CN(Cc2cccnc2)C(=O)[C@H]2CN(Cc3cccc(F)c3)CC[C@H]21. The summed E-state index contributed by atoms with van der Waals surface area (Å²) in [6.07, 6.45) is 4.14. The van der Waals surface area contributed by atoms with Gasteiger partial charge in [0, 0.05) is 51.7 Å². The van der Waals surface area contributed by atoms with Gasteiger partial charge >= 0.3 is 0 Å². The standard InChI is InChI=1S/C22H25FN4O2/c1-25-20-7-9-26(12-16-4-2-6-18(23)10-16)14-19(20)22(29)27(15-21(25)28)13-17-5-3-8-24-11-17/h2-6,8,10-11,19-20H,7,9,12-15H2,1H3/t19-,20+/m0/s1. The van der Waals surface area contributed by atoms with Crippen molar-refractivity contribution in [3.05, 3.63) is 65.7 Å². The van der Waals surface area contributed by atoms with E-state index in [0.717, 1.165) is 24.1 Å². The summed E-state index contributed by atoms with van der Waals surface area (Å²) in [4.78, 5) is 35.7. The summed E-state index contributed by atoms with van der Waals surface area (Å²) in [7, 11) is 1.79. The van der Waals surface area contributed by atoms with Crippen molar-refractivity contribution in [1.29, 1.82) is 0 Å². The molecule has 0 radical (unpaired) electrons. The van der Waals surface area contributed by atoms with E-state index in [2.05, 4.69) is 9.88 Å². The molecule has 0 spiro atoms. The number of rotatable bonds is 4. The highest BCUT2D eigenvalue weighted by atomic mass is 19.1. The molecule has 2 saturated heterocycles. The highest BCUT2D eigenvalue weighted by Gasteiger charge is 2.43. The number of likely N-dealkylation sites (N-methyl/N-ethyl adjacent to an activating group) is 1. The third-order valence-electron chi connectivity index (χ3n) is 5.90. The number of carbonyl (C=O) groups excluding carboxylic acids is 2. The molecule has 1 aromatic carbocycles. The van der Waals surface area contributed by atoms with Crippen LogP contribution in [0.3, 0.4) is 0 Å². The average molecular weight is 396 g/mol. The number of fused-ring (bicyclic) bond motifs is 1. The van der Waals surface area contributed by atoms with Crippen molar-refractivity contribution in [3.8, 4) is 0 Å². The van der Waals surface area contributed by atoms with Crippen molar-refractivity contribution in [3.63, 3.8) is 0 Å². The number of halogens is 1. The molecule has 2 amide bonds. The molecular formula is C22H25FN4O2. The van der Waals surface area contributed by atoms with Gasteiger partial charge in [-0.1, -0.05) is 18.2 Å². The maximum absolute atomic E-state index is 13.5. The van der Waals surface area contributed by atoms with E-state index in [1.807, 2.05) is 18.2 Å². The topological polar surface area (TPSA) is 56.8 Å². The Bertz CT molecular complexity index is 891. The van der Waals surface area contributed by atoms with Crippen molar-refractivity contribution in [2.75, 3.05) is 26.7 Å². The van der Waals surface area contributed by atoms with Crippen LogP contribution < -0.4 is 0 Å². The predicted octanol–water partition coefficient (Wildman–Crippen LogP) is 1.91. The van der Waals surface area contributed by atoms with Crippen LogP contribution in [0.4, 0.5) is 4.39 Å². The lowest BCUT2D eigenvalue weighted by Gasteiger charge is -2.40.